The molecule has 0 amide bonds. The van der Waals surface area contributed by atoms with Crippen molar-refractivity contribution < 1.29 is 0 Å². The SMILES string of the molecule is CC(C)(CCC(C)(C)N1CCN(C(C)(C)C)CC1)CC1CCN(C(C)(C)C)CC1. The molecular formula is C26H53N3. The lowest BCUT2D eigenvalue weighted by atomic mass is 9.74. The lowest BCUT2D eigenvalue weighted by molar-refractivity contribution is 0.00548. The molecule has 0 aliphatic carbocycles. The number of hydrogen-bond acceptors (Lipinski definition) is 3. The van der Waals surface area contributed by atoms with E-state index in [1.54, 1.807) is 0 Å². The number of hydrogen-bond donors (Lipinski definition) is 0. The second-order valence-electron chi connectivity index (χ2n) is 13.4. The Kier molecular flexibility index (Phi) is 7.95. The molecule has 2 saturated heterocycles. The Bertz CT molecular complexity index is 493. The first-order valence-corrected chi connectivity index (χ1v) is 12.4. The van der Waals surface area contributed by atoms with Gasteiger partial charge in [0.15, 0.2) is 0 Å². The number of rotatable bonds is 6. The normalized spacial score (nSPS) is 23.0. The molecule has 0 spiro atoms. The zero-order chi connectivity index (χ0) is 22.1. The summed E-state index contributed by atoms with van der Waals surface area (Å²) in [6, 6.07) is 0. The van der Waals surface area contributed by atoms with Crippen LogP contribution in [0.2, 0.25) is 0 Å². The largest absolute Gasteiger partial charge is 0.298 e. The van der Waals surface area contributed by atoms with Crippen LogP contribution >= 0.6 is 0 Å². The van der Waals surface area contributed by atoms with E-state index in [0.29, 0.717) is 22.0 Å². The van der Waals surface area contributed by atoms with E-state index < -0.39 is 0 Å². The Balaban J connectivity index is 1.79. The van der Waals surface area contributed by atoms with Crippen molar-refractivity contribution in [3.63, 3.8) is 0 Å². The highest BCUT2D eigenvalue weighted by Crippen LogP contribution is 2.38. The highest BCUT2D eigenvalue weighted by atomic mass is 15.3. The predicted molar refractivity (Wildman–Crippen MR) is 129 cm³/mol. The average molecular weight is 408 g/mol. The maximum atomic E-state index is 2.76. The van der Waals surface area contributed by atoms with Gasteiger partial charge in [-0.05, 0) is 112 Å². The second kappa shape index (κ2) is 9.17. The third kappa shape index (κ3) is 7.51. The van der Waals surface area contributed by atoms with Crippen LogP contribution < -0.4 is 0 Å². The van der Waals surface area contributed by atoms with Crippen molar-refractivity contribution >= 4 is 0 Å². The highest BCUT2D eigenvalue weighted by Gasteiger charge is 2.35. The maximum Gasteiger partial charge on any atom is 0.0154 e. The zero-order valence-electron chi connectivity index (χ0n) is 21.7. The molecule has 0 unspecified atom stereocenters. The van der Waals surface area contributed by atoms with Gasteiger partial charge < -0.3 is 0 Å². The minimum Gasteiger partial charge on any atom is -0.298 e. The summed E-state index contributed by atoms with van der Waals surface area (Å²) in [5, 5.41) is 0. The van der Waals surface area contributed by atoms with Crippen molar-refractivity contribution in [1.82, 2.24) is 14.7 Å². The molecule has 0 N–H and O–H groups in total. The van der Waals surface area contributed by atoms with E-state index >= 15 is 0 Å². The summed E-state index contributed by atoms with van der Waals surface area (Å²) in [6.45, 7) is 31.6. The molecule has 2 fully saturated rings. The molecule has 0 radical (unpaired) electrons. The van der Waals surface area contributed by atoms with E-state index in [2.05, 4.69) is 83.9 Å². The fourth-order valence-corrected chi connectivity index (χ4v) is 5.48. The molecule has 0 aromatic rings. The van der Waals surface area contributed by atoms with Gasteiger partial charge in [0.1, 0.15) is 0 Å². The zero-order valence-corrected chi connectivity index (χ0v) is 21.7. The summed E-state index contributed by atoms with van der Waals surface area (Å²) in [5.41, 5.74) is 1.41. The number of piperazine rings is 1. The van der Waals surface area contributed by atoms with Crippen LogP contribution in [0, 0.1) is 11.3 Å². The van der Waals surface area contributed by atoms with Crippen molar-refractivity contribution in [2.75, 3.05) is 39.3 Å². The number of nitrogens with zero attached hydrogens (tertiary/aromatic N) is 3. The Morgan fingerprint density at radius 3 is 1.41 bits per heavy atom. The minimum absolute atomic E-state index is 0.306. The van der Waals surface area contributed by atoms with E-state index in [-0.39, 0.29) is 0 Å². The molecule has 2 aliphatic heterocycles. The molecule has 2 heterocycles. The van der Waals surface area contributed by atoms with Gasteiger partial charge in [0.25, 0.3) is 0 Å². The predicted octanol–water partition coefficient (Wildman–Crippen LogP) is 5.89. The third-order valence-corrected chi connectivity index (χ3v) is 7.90. The number of likely N-dealkylation sites (tertiary alicyclic amines) is 1. The van der Waals surface area contributed by atoms with E-state index in [0.717, 1.165) is 5.92 Å². The smallest absolute Gasteiger partial charge is 0.0154 e. The van der Waals surface area contributed by atoms with Crippen LogP contribution in [0.1, 0.15) is 101 Å². The summed E-state index contributed by atoms with van der Waals surface area (Å²) < 4.78 is 0. The van der Waals surface area contributed by atoms with Crippen LogP contribution in [-0.4, -0.2) is 70.6 Å². The Hall–Kier alpha value is -0.120. The average Bonchev–Trinajstić information content (AvgIpc) is 2.59. The van der Waals surface area contributed by atoms with Crippen molar-refractivity contribution in [3.8, 4) is 0 Å². The van der Waals surface area contributed by atoms with Crippen molar-refractivity contribution in [2.24, 2.45) is 11.3 Å². The lowest BCUT2D eigenvalue weighted by Gasteiger charge is -2.48. The molecule has 0 atom stereocenters. The molecule has 172 valence electrons. The van der Waals surface area contributed by atoms with Crippen molar-refractivity contribution in [3.05, 3.63) is 0 Å². The van der Waals surface area contributed by atoms with Gasteiger partial charge >= 0.3 is 0 Å². The van der Waals surface area contributed by atoms with Crippen LogP contribution in [-0.2, 0) is 0 Å². The molecule has 0 aromatic carbocycles. The van der Waals surface area contributed by atoms with Gasteiger partial charge in [-0.3, -0.25) is 14.7 Å². The van der Waals surface area contributed by atoms with Gasteiger partial charge in [0.2, 0.25) is 0 Å². The van der Waals surface area contributed by atoms with Crippen LogP contribution in [0.25, 0.3) is 0 Å². The van der Waals surface area contributed by atoms with E-state index in [9.17, 15) is 0 Å². The molecular weight excluding hydrogens is 354 g/mol. The van der Waals surface area contributed by atoms with Crippen LogP contribution in [0.4, 0.5) is 0 Å². The molecule has 0 bridgehead atoms. The monoisotopic (exact) mass is 407 g/mol. The third-order valence-electron chi connectivity index (χ3n) is 7.90. The minimum atomic E-state index is 0.306. The Labute approximate surface area is 183 Å². The van der Waals surface area contributed by atoms with Gasteiger partial charge in [-0.2, -0.15) is 0 Å². The van der Waals surface area contributed by atoms with E-state index in [4.69, 9.17) is 0 Å². The Morgan fingerprint density at radius 1 is 0.552 bits per heavy atom. The molecule has 29 heavy (non-hydrogen) atoms. The fraction of sp³-hybridized carbons (Fsp3) is 1.00. The first-order valence-electron chi connectivity index (χ1n) is 12.4. The molecule has 3 heteroatoms. The van der Waals surface area contributed by atoms with Gasteiger partial charge in [0.05, 0.1) is 0 Å². The standard InChI is InChI=1S/C26H53N3/c1-23(2,3)27-15-11-22(12-16-27)21-25(7,8)13-14-26(9,10)29-19-17-28(18-20-29)24(4,5)6/h22H,11-21H2,1-10H3. The second-order valence-corrected chi connectivity index (χ2v) is 13.4. The number of piperidine rings is 1. The summed E-state index contributed by atoms with van der Waals surface area (Å²) in [5.74, 6) is 0.919. The van der Waals surface area contributed by atoms with E-state index in [1.807, 2.05) is 0 Å². The highest BCUT2D eigenvalue weighted by molar-refractivity contribution is 4.91. The topological polar surface area (TPSA) is 9.72 Å². The Morgan fingerprint density at radius 2 is 0.966 bits per heavy atom. The molecule has 3 nitrogen and oxygen atoms in total. The van der Waals surface area contributed by atoms with Crippen LogP contribution in [0.5, 0.6) is 0 Å². The van der Waals surface area contributed by atoms with Crippen molar-refractivity contribution in [1.29, 1.82) is 0 Å². The van der Waals surface area contributed by atoms with E-state index in [1.165, 1.54) is 71.4 Å². The molecule has 0 aromatic heterocycles. The summed E-state index contributed by atoms with van der Waals surface area (Å²) in [4.78, 5) is 8.08. The van der Waals surface area contributed by atoms with Gasteiger partial charge in [-0.25, -0.2) is 0 Å². The molecule has 2 rings (SSSR count). The maximum absolute atomic E-state index is 2.76. The quantitative estimate of drug-likeness (QED) is 0.543. The van der Waals surface area contributed by atoms with Gasteiger partial charge in [-0.15, -0.1) is 0 Å². The summed E-state index contributed by atoms with van der Waals surface area (Å²) >= 11 is 0. The summed E-state index contributed by atoms with van der Waals surface area (Å²) in [7, 11) is 0. The van der Waals surface area contributed by atoms with Gasteiger partial charge in [0, 0.05) is 42.8 Å². The molecule has 2 aliphatic rings. The van der Waals surface area contributed by atoms with Crippen molar-refractivity contribution in [2.45, 2.75) is 118 Å². The fourth-order valence-electron chi connectivity index (χ4n) is 5.48. The van der Waals surface area contributed by atoms with Crippen LogP contribution in [0.15, 0.2) is 0 Å². The summed E-state index contributed by atoms with van der Waals surface area (Å²) in [6.07, 6.45) is 6.84. The van der Waals surface area contributed by atoms with Gasteiger partial charge in [-0.1, -0.05) is 13.8 Å². The first-order chi connectivity index (χ1) is 13.1. The van der Waals surface area contributed by atoms with Crippen LogP contribution in [0.3, 0.4) is 0 Å². The first kappa shape index (κ1) is 25.1. The lowest BCUT2D eigenvalue weighted by Crippen LogP contribution is -2.58. The molecule has 0 saturated carbocycles.